The normalized spacial score (nSPS) is 8.76. The number of benzene rings is 2. The topological polar surface area (TPSA) is 9.23 Å². The fraction of sp³-hybridized carbons (Fsp3) is 0.222. The minimum atomic E-state index is -1.02. The largest absolute Gasteiger partial charge is 0.494 e. The third-order valence-electron chi connectivity index (χ3n) is 2.66. The highest BCUT2D eigenvalue weighted by Crippen LogP contribution is 2.21. The molecule has 0 saturated heterocycles. The SMILES string of the molecule is C.C.COc1ccc(C#Cc2ccc(C)cc2)c(F)c1F. The van der Waals surface area contributed by atoms with E-state index in [1.165, 1.54) is 19.2 Å². The van der Waals surface area contributed by atoms with Crippen LogP contribution in [0.25, 0.3) is 0 Å². The number of hydrogen-bond donors (Lipinski definition) is 0. The van der Waals surface area contributed by atoms with Gasteiger partial charge in [0.2, 0.25) is 5.82 Å². The molecular formula is C18H20F2O. The van der Waals surface area contributed by atoms with Crippen LogP contribution in [-0.2, 0) is 0 Å². The summed E-state index contributed by atoms with van der Waals surface area (Å²) in [7, 11) is 1.29. The maximum atomic E-state index is 13.7. The molecule has 0 amide bonds. The molecule has 0 aliphatic heterocycles. The molecule has 0 N–H and O–H groups in total. The summed E-state index contributed by atoms with van der Waals surface area (Å²) in [5.41, 5.74) is 1.88. The lowest BCUT2D eigenvalue weighted by Crippen LogP contribution is -1.95. The number of methoxy groups -OCH3 is 1. The van der Waals surface area contributed by atoms with Crippen LogP contribution in [-0.4, -0.2) is 7.11 Å². The first-order valence-corrected chi connectivity index (χ1v) is 5.72. The van der Waals surface area contributed by atoms with Gasteiger partial charge in [-0.05, 0) is 31.2 Å². The molecule has 0 radical (unpaired) electrons. The molecule has 0 heterocycles. The Bertz CT molecular complexity index is 649. The van der Waals surface area contributed by atoms with Gasteiger partial charge in [0, 0.05) is 5.56 Å². The second-order valence-electron chi connectivity index (χ2n) is 4.06. The molecule has 3 heteroatoms. The highest BCUT2D eigenvalue weighted by molar-refractivity contribution is 5.46. The minimum absolute atomic E-state index is 0. The molecular weight excluding hydrogens is 270 g/mol. The Labute approximate surface area is 125 Å². The summed E-state index contributed by atoms with van der Waals surface area (Å²) in [4.78, 5) is 0. The van der Waals surface area contributed by atoms with Crippen molar-refractivity contribution in [1.82, 2.24) is 0 Å². The van der Waals surface area contributed by atoms with Gasteiger partial charge in [0.25, 0.3) is 0 Å². The summed E-state index contributed by atoms with van der Waals surface area (Å²) in [5.74, 6) is 3.29. The van der Waals surface area contributed by atoms with E-state index >= 15 is 0 Å². The van der Waals surface area contributed by atoms with Gasteiger partial charge in [0.05, 0.1) is 12.7 Å². The molecule has 0 aromatic heterocycles. The highest BCUT2D eigenvalue weighted by atomic mass is 19.2. The molecule has 0 unspecified atom stereocenters. The van der Waals surface area contributed by atoms with Gasteiger partial charge in [0.1, 0.15) is 0 Å². The van der Waals surface area contributed by atoms with Crippen molar-refractivity contribution in [2.75, 3.05) is 7.11 Å². The average Bonchev–Trinajstić information content (AvgIpc) is 2.42. The molecule has 1 nitrogen and oxygen atoms in total. The van der Waals surface area contributed by atoms with E-state index in [4.69, 9.17) is 4.74 Å². The van der Waals surface area contributed by atoms with Gasteiger partial charge in [-0.3, -0.25) is 0 Å². The highest BCUT2D eigenvalue weighted by Gasteiger charge is 2.12. The smallest absolute Gasteiger partial charge is 0.201 e. The Morgan fingerprint density at radius 2 is 1.48 bits per heavy atom. The van der Waals surface area contributed by atoms with E-state index in [1.807, 2.05) is 31.2 Å². The van der Waals surface area contributed by atoms with E-state index in [0.29, 0.717) is 0 Å². The Morgan fingerprint density at radius 3 is 2.05 bits per heavy atom. The van der Waals surface area contributed by atoms with Crippen LogP contribution in [0.3, 0.4) is 0 Å². The molecule has 0 spiro atoms. The molecule has 2 rings (SSSR count). The summed E-state index contributed by atoms with van der Waals surface area (Å²) in [6.45, 7) is 1.97. The Morgan fingerprint density at radius 1 is 0.857 bits per heavy atom. The number of ether oxygens (including phenoxy) is 1. The zero-order chi connectivity index (χ0) is 13.8. The van der Waals surface area contributed by atoms with Crippen molar-refractivity contribution in [3.05, 3.63) is 64.7 Å². The fourth-order valence-corrected chi connectivity index (χ4v) is 1.56. The van der Waals surface area contributed by atoms with Crippen molar-refractivity contribution in [3.8, 4) is 17.6 Å². The zero-order valence-electron chi connectivity index (χ0n) is 10.6. The van der Waals surface area contributed by atoms with Crippen LogP contribution in [0.15, 0.2) is 36.4 Å². The van der Waals surface area contributed by atoms with E-state index in [0.717, 1.165) is 11.1 Å². The third kappa shape index (κ3) is 4.32. The van der Waals surface area contributed by atoms with Gasteiger partial charge in [-0.15, -0.1) is 0 Å². The number of rotatable bonds is 1. The van der Waals surface area contributed by atoms with Gasteiger partial charge in [-0.25, -0.2) is 4.39 Å². The summed E-state index contributed by atoms with van der Waals surface area (Å²) in [5, 5.41) is 0. The maximum absolute atomic E-state index is 13.7. The molecule has 0 saturated carbocycles. The van der Waals surface area contributed by atoms with Crippen molar-refractivity contribution in [2.45, 2.75) is 21.8 Å². The molecule has 0 atom stereocenters. The van der Waals surface area contributed by atoms with E-state index in [9.17, 15) is 8.78 Å². The predicted molar refractivity (Wildman–Crippen MR) is 83.5 cm³/mol. The van der Waals surface area contributed by atoms with Crippen LogP contribution in [0.4, 0.5) is 8.78 Å². The third-order valence-corrected chi connectivity index (χ3v) is 2.66. The van der Waals surface area contributed by atoms with Crippen molar-refractivity contribution < 1.29 is 13.5 Å². The quantitative estimate of drug-likeness (QED) is 0.675. The maximum Gasteiger partial charge on any atom is 0.201 e. The summed E-state index contributed by atoms with van der Waals surface area (Å²) in [6.07, 6.45) is 0. The van der Waals surface area contributed by atoms with E-state index in [1.54, 1.807) is 0 Å². The summed E-state index contributed by atoms with van der Waals surface area (Å²) >= 11 is 0. The van der Waals surface area contributed by atoms with Crippen LogP contribution in [0.2, 0.25) is 0 Å². The monoisotopic (exact) mass is 290 g/mol. The summed E-state index contributed by atoms with van der Waals surface area (Å²) < 4.78 is 31.8. The van der Waals surface area contributed by atoms with Crippen LogP contribution in [0.5, 0.6) is 5.75 Å². The predicted octanol–water partition coefficient (Wildman–Crippen LogP) is 4.95. The Balaban J connectivity index is 0.00000200. The fourth-order valence-electron chi connectivity index (χ4n) is 1.56. The van der Waals surface area contributed by atoms with E-state index < -0.39 is 11.6 Å². The zero-order valence-corrected chi connectivity index (χ0v) is 10.6. The molecule has 21 heavy (non-hydrogen) atoms. The molecule has 112 valence electrons. The standard InChI is InChI=1S/C16H12F2O.2CH4/c1-11-3-5-12(6-4-11)7-8-13-9-10-14(19-2)16(18)15(13)17;;/h3-6,9-10H,1-2H3;2*1H4. The van der Waals surface area contributed by atoms with Gasteiger partial charge < -0.3 is 4.74 Å². The van der Waals surface area contributed by atoms with Crippen LogP contribution >= 0.6 is 0 Å². The van der Waals surface area contributed by atoms with Crippen molar-refractivity contribution in [3.63, 3.8) is 0 Å². The van der Waals surface area contributed by atoms with Crippen LogP contribution in [0.1, 0.15) is 31.5 Å². The van der Waals surface area contributed by atoms with Crippen molar-refractivity contribution in [1.29, 1.82) is 0 Å². The molecule has 2 aromatic carbocycles. The lowest BCUT2D eigenvalue weighted by Gasteiger charge is -2.03. The first kappa shape index (κ1) is 18.7. The second-order valence-corrected chi connectivity index (χ2v) is 4.06. The van der Waals surface area contributed by atoms with Gasteiger partial charge in [0.15, 0.2) is 11.6 Å². The molecule has 0 bridgehead atoms. The second kappa shape index (κ2) is 8.06. The van der Waals surface area contributed by atoms with Crippen molar-refractivity contribution >= 4 is 0 Å². The van der Waals surface area contributed by atoms with Gasteiger partial charge in [-0.2, -0.15) is 4.39 Å². The molecule has 0 aliphatic carbocycles. The first-order valence-electron chi connectivity index (χ1n) is 5.72. The number of halogens is 2. The van der Waals surface area contributed by atoms with E-state index in [-0.39, 0.29) is 26.2 Å². The number of hydrogen-bond acceptors (Lipinski definition) is 1. The van der Waals surface area contributed by atoms with E-state index in [2.05, 4.69) is 11.8 Å². The minimum Gasteiger partial charge on any atom is -0.494 e. The summed E-state index contributed by atoms with van der Waals surface area (Å²) in [6, 6.07) is 10.3. The van der Waals surface area contributed by atoms with Crippen LogP contribution < -0.4 is 4.74 Å². The van der Waals surface area contributed by atoms with Crippen molar-refractivity contribution in [2.24, 2.45) is 0 Å². The number of aryl methyl sites for hydroxylation is 1. The Kier molecular flexibility index (Phi) is 7.16. The molecule has 0 fully saturated rings. The first-order chi connectivity index (χ1) is 9.11. The van der Waals surface area contributed by atoms with Gasteiger partial charge in [-0.1, -0.05) is 44.4 Å². The van der Waals surface area contributed by atoms with Gasteiger partial charge >= 0.3 is 0 Å². The Hall–Kier alpha value is -2.34. The molecule has 2 aromatic rings. The lowest BCUT2D eigenvalue weighted by molar-refractivity contribution is 0.371. The molecule has 0 aliphatic rings. The average molecular weight is 290 g/mol. The van der Waals surface area contributed by atoms with Crippen LogP contribution in [0, 0.1) is 30.4 Å². The lowest BCUT2D eigenvalue weighted by atomic mass is 10.1.